The summed E-state index contributed by atoms with van der Waals surface area (Å²) in [6.45, 7) is 8.49. The Balaban J connectivity index is 1.87. The van der Waals surface area contributed by atoms with Gasteiger partial charge < -0.3 is 5.32 Å². The zero-order valence-corrected chi connectivity index (χ0v) is 11.9. The van der Waals surface area contributed by atoms with Gasteiger partial charge in [0, 0.05) is 25.7 Å². The van der Waals surface area contributed by atoms with Gasteiger partial charge in [0.2, 0.25) is 0 Å². The molecule has 0 amide bonds. The molecule has 1 N–H and O–H groups in total. The third-order valence-corrected chi connectivity index (χ3v) is 3.66. The van der Waals surface area contributed by atoms with E-state index in [1.807, 2.05) is 0 Å². The Hall–Kier alpha value is -0.870. The molecule has 1 atom stereocenters. The molecule has 4 nitrogen and oxygen atoms in total. The highest BCUT2D eigenvalue weighted by atomic mass is 15.3. The molecule has 4 heteroatoms. The minimum Gasteiger partial charge on any atom is -0.313 e. The molecule has 1 fully saturated rings. The number of piperidine rings is 1. The number of aromatic nitrogens is 2. The van der Waals surface area contributed by atoms with Crippen LogP contribution in [-0.4, -0.2) is 40.9 Å². The van der Waals surface area contributed by atoms with E-state index in [1.165, 1.54) is 31.5 Å². The number of aryl methyl sites for hydroxylation is 2. The van der Waals surface area contributed by atoms with Gasteiger partial charge in [0.25, 0.3) is 0 Å². The van der Waals surface area contributed by atoms with Crippen molar-refractivity contribution in [3.63, 3.8) is 0 Å². The van der Waals surface area contributed by atoms with Crippen molar-refractivity contribution >= 4 is 0 Å². The Bertz CT molecular complexity index is 366. The number of nitrogens with one attached hydrogen (secondary N) is 1. The Kier molecular flexibility index (Phi) is 4.78. The topological polar surface area (TPSA) is 33.1 Å². The van der Waals surface area contributed by atoms with Gasteiger partial charge in [-0.05, 0) is 46.3 Å². The van der Waals surface area contributed by atoms with Gasteiger partial charge in [-0.15, -0.1) is 0 Å². The van der Waals surface area contributed by atoms with Crippen molar-refractivity contribution in [2.24, 2.45) is 0 Å². The van der Waals surface area contributed by atoms with Crippen molar-refractivity contribution in [1.29, 1.82) is 0 Å². The molecule has 2 heterocycles. The van der Waals surface area contributed by atoms with E-state index in [1.54, 1.807) is 0 Å². The second-order valence-corrected chi connectivity index (χ2v) is 5.44. The van der Waals surface area contributed by atoms with E-state index >= 15 is 0 Å². The maximum atomic E-state index is 4.50. The third kappa shape index (κ3) is 3.56. The maximum absolute atomic E-state index is 4.50. The predicted octanol–water partition coefficient (Wildman–Crippen LogP) is 1.79. The lowest BCUT2D eigenvalue weighted by atomic mass is 10.0. The number of likely N-dealkylation sites (N-methyl/N-ethyl adjacent to an activating group) is 1. The normalized spacial score (nSPS) is 20.6. The first kappa shape index (κ1) is 13.6. The maximum Gasteiger partial charge on any atom is 0.0597 e. The summed E-state index contributed by atoms with van der Waals surface area (Å²) in [6.07, 6.45) is 4.02. The lowest BCUT2D eigenvalue weighted by molar-refractivity contribution is 0.251. The molecule has 0 aromatic carbocycles. The van der Waals surface area contributed by atoms with Crippen molar-refractivity contribution in [2.75, 3.05) is 20.1 Å². The molecular formula is C14H26N4. The molecule has 1 saturated heterocycles. The highest BCUT2D eigenvalue weighted by Gasteiger charge is 2.15. The van der Waals surface area contributed by atoms with E-state index in [4.69, 9.17) is 0 Å². The summed E-state index contributed by atoms with van der Waals surface area (Å²) < 4.78 is 2.11. The highest BCUT2D eigenvalue weighted by Crippen LogP contribution is 2.11. The first-order chi connectivity index (χ1) is 8.69. The van der Waals surface area contributed by atoms with Crippen LogP contribution in [0.2, 0.25) is 0 Å². The standard InChI is InChI=1S/C14H26N4/c1-4-18-14(9-12(2)16-18)11-17(3)10-13-7-5-6-8-15-13/h9,13,15H,4-8,10-11H2,1-3H3. The summed E-state index contributed by atoms with van der Waals surface area (Å²) in [5, 5.41) is 8.11. The fourth-order valence-corrected chi connectivity index (χ4v) is 2.80. The van der Waals surface area contributed by atoms with Crippen LogP contribution in [0, 0.1) is 6.92 Å². The molecular weight excluding hydrogens is 224 g/mol. The van der Waals surface area contributed by atoms with Crippen LogP contribution in [0.25, 0.3) is 0 Å². The average Bonchev–Trinajstić information content (AvgIpc) is 2.70. The Labute approximate surface area is 110 Å². The van der Waals surface area contributed by atoms with Crippen molar-refractivity contribution in [1.82, 2.24) is 20.0 Å². The minimum absolute atomic E-state index is 0.669. The van der Waals surface area contributed by atoms with E-state index in [2.05, 4.69) is 47.0 Å². The molecule has 0 aliphatic carbocycles. The van der Waals surface area contributed by atoms with Gasteiger partial charge in [0.05, 0.1) is 11.4 Å². The number of hydrogen-bond donors (Lipinski definition) is 1. The molecule has 1 aromatic rings. The van der Waals surface area contributed by atoms with Gasteiger partial charge in [0.1, 0.15) is 0 Å². The van der Waals surface area contributed by atoms with Crippen molar-refractivity contribution in [2.45, 2.75) is 52.2 Å². The van der Waals surface area contributed by atoms with Crippen molar-refractivity contribution in [3.05, 3.63) is 17.5 Å². The molecule has 1 aromatic heterocycles. The summed E-state index contributed by atoms with van der Waals surface area (Å²) in [5.74, 6) is 0. The molecule has 0 spiro atoms. The minimum atomic E-state index is 0.669. The van der Waals surface area contributed by atoms with Crippen LogP contribution in [0.1, 0.15) is 37.6 Å². The zero-order chi connectivity index (χ0) is 13.0. The average molecular weight is 250 g/mol. The summed E-state index contributed by atoms with van der Waals surface area (Å²) in [7, 11) is 2.21. The highest BCUT2D eigenvalue weighted by molar-refractivity contribution is 5.08. The summed E-state index contributed by atoms with van der Waals surface area (Å²) in [4.78, 5) is 2.41. The molecule has 2 rings (SSSR count). The van der Waals surface area contributed by atoms with E-state index in [0.717, 1.165) is 25.3 Å². The molecule has 0 bridgehead atoms. The number of nitrogens with zero attached hydrogens (tertiary/aromatic N) is 3. The van der Waals surface area contributed by atoms with E-state index in [9.17, 15) is 0 Å². The lowest BCUT2D eigenvalue weighted by Gasteiger charge is -2.28. The van der Waals surface area contributed by atoms with Crippen LogP contribution in [0.4, 0.5) is 0 Å². The van der Waals surface area contributed by atoms with Gasteiger partial charge in [-0.25, -0.2) is 0 Å². The van der Waals surface area contributed by atoms with Crippen LogP contribution >= 0.6 is 0 Å². The van der Waals surface area contributed by atoms with Crippen LogP contribution < -0.4 is 5.32 Å². The molecule has 1 unspecified atom stereocenters. The van der Waals surface area contributed by atoms with Crippen LogP contribution in [0.15, 0.2) is 6.07 Å². The molecule has 18 heavy (non-hydrogen) atoms. The molecule has 1 aliphatic rings. The number of hydrogen-bond acceptors (Lipinski definition) is 3. The summed E-state index contributed by atoms with van der Waals surface area (Å²) >= 11 is 0. The fourth-order valence-electron chi connectivity index (χ4n) is 2.80. The second kappa shape index (κ2) is 6.34. The van der Waals surface area contributed by atoms with E-state index < -0.39 is 0 Å². The summed E-state index contributed by atoms with van der Waals surface area (Å²) in [5.41, 5.74) is 2.45. The first-order valence-electron chi connectivity index (χ1n) is 7.14. The quantitative estimate of drug-likeness (QED) is 0.865. The Morgan fingerprint density at radius 1 is 1.50 bits per heavy atom. The van der Waals surface area contributed by atoms with Gasteiger partial charge in [-0.1, -0.05) is 6.42 Å². The largest absolute Gasteiger partial charge is 0.313 e. The monoisotopic (exact) mass is 250 g/mol. The Morgan fingerprint density at radius 2 is 2.33 bits per heavy atom. The van der Waals surface area contributed by atoms with E-state index in [-0.39, 0.29) is 0 Å². The third-order valence-electron chi connectivity index (χ3n) is 3.66. The van der Waals surface area contributed by atoms with Gasteiger partial charge >= 0.3 is 0 Å². The number of rotatable bonds is 5. The second-order valence-electron chi connectivity index (χ2n) is 5.44. The molecule has 0 radical (unpaired) electrons. The van der Waals surface area contributed by atoms with Crippen LogP contribution in [0.5, 0.6) is 0 Å². The van der Waals surface area contributed by atoms with Gasteiger partial charge in [-0.3, -0.25) is 9.58 Å². The fraction of sp³-hybridized carbons (Fsp3) is 0.786. The van der Waals surface area contributed by atoms with Crippen molar-refractivity contribution in [3.8, 4) is 0 Å². The first-order valence-corrected chi connectivity index (χ1v) is 7.14. The zero-order valence-electron chi connectivity index (χ0n) is 11.9. The Morgan fingerprint density at radius 3 is 3.00 bits per heavy atom. The van der Waals surface area contributed by atoms with Crippen molar-refractivity contribution < 1.29 is 0 Å². The smallest absolute Gasteiger partial charge is 0.0597 e. The SMILES string of the molecule is CCn1nc(C)cc1CN(C)CC1CCCCN1. The van der Waals surface area contributed by atoms with Gasteiger partial charge in [-0.2, -0.15) is 5.10 Å². The predicted molar refractivity (Wildman–Crippen MR) is 74.6 cm³/mol. The van der Waals surface area contributed by atoms with E-state index in [0.29, 0.717) is 6.04 Å². The molecule has 102 valence electrons. The molecule has 0 saturated carbocycles. The van der Waals surface area contributed by atoms with Gasteiger partial charge in [0.15, 0.2) is 0 Å². The summed E-state index contributed by atoms with van der Waals surface area (Å²) in [6, 6.07) is 2.87. The molecule has 1 aliphatic heterocycles. The van der Waals surface area contributed by atoms with Crippen LogP contribution in [-0.2, 0) is 13.1 Å². The van der Waals surface area contributed by atoms with Crippen LogP contribution in [0.3, 0.4) is 0 Å². The lowest BCUT2D eigenvalue weighted by Crippen LogP contribution is -2.42.